The van der Waals surface area contributed by atoms with Crippen LogP contribution in [0.2, 0.25) is 0 Å². The van der Waals surface area contributed by atoms with Crippen LogP contribution < -0.4 is 4.74 Å². The van der Waals surface area contributed by atoms with Gasteiger partial charge in [0.25, 0.3) is 0 Å². The maximum Gasteiger partial charge on any atom is 0.339 e. The first-order valence-electron chi connectivity index (χ1n) is 3.78. The van der Waals surface area contributed by atoms with Gasteiger partial charge in [0.15, 0.2) is 0 Å². The summed E-state index contributed by atoms with van der Waals surface area (Å²) < 4.78 is 5.19. The van der Waals surface area contributed by atoms with Crippen LogP contribution in [0.4, 0.5) is 0 Å². The highest BCUT2D eigenvalue weighted by Gasteiger charge is 2.19. The highest BCUT2D eigenvalue weighted by molar-refractivity contribution is 9.10. The summed E-state index contributed by atoms with van der Waals surface area (Å²) in [6.07, 6.45) is 0. The second-order valence-corrected chi connectivity index (χ2v) is 3.53. The Kier molecular flexibility index (Phi) is 3.00. The zero-order chi connectivity index (χ0) is 10.9. The Labute approximate surface area is 89.3 Å². The molecule has 4 nitrogen and oxygen atoms in total. The monoisotopic (exact) mass is 260 g/mol. The average Bonchev–Trinajstić information content (AvgIpc) is 2.10. The number of aromatic hydroxyl groups is 1. The largest absolute Gasteiger partial charge is 0.506 e. The molecule has 76 valence electrons. The normalized spacial score (nSPS) is 9.93. The molecule has 0 fully saturated rings. The van der Waals surface area contributed by atoms with E-state index in [2.05, 4.69) is 15.9 Å². The van der Waals surface area contributed by atoms with Crippen LogP contribution in [0.3, 0.4) is 0 Å². The summed E-state index contributed by atoms with van der Waals surface area (Å²) in [5.74, 6) is -1.07. The number of hydrogen-bond donors (Lipinski definition) is 2. The van der Waals surface area contributed by atoms with Gasteiger partial charge in [0.2, 0.25) is 0 Å². The number of aromatic carboxylic acids is 1. The zero-order valence-electron chi connectivity index (χ0n) is 7.67. The Morgan fingerprint density at radius 3 is 2.57 bits per heavy atom. The van der Waals surface area contributed by atoms with Crippen molar-refractivity contribution in [3.63, 3.8) is 0 Å². The van der Waals surface area contributed by atoms with Crippen molar-refractivity contribution in [2.75, 3.05) is 7.11 Å². The molecule has 1 rings (SSSR count). The van der Waals surface area contributed by atoms with Crippen molar-refractivity contribution in [1.82, 2.24) is 0 Å². The molecule has 0 radical (unpaired) electrons. The molecule has 0 unspecified atom stereocenters. The van der Waals surface area contributed by atoms with Gasteiger partial charge in [0.1, 0.15) is 21.5 Å². The van der Waals surface area contributed by atoms with Crippen molar-refractivity contribution < 1.29 is 19.7 Å². The molecule has 0 aliphatic heterocycles. The van der Waals surface area contributed by atoms with Crippen molar-refractivity contribution in [3.05, 3.63) is 21.7 Å². The molecule has 14 heavy (non-hydrogen) atoms. The number of hydrogen-bond acceptors (Lipinski definition) is 3. The van der Waals surface area contributed by atoms with Gasteiger partial charge in [-0.1, -0.05) is 0 Å². The van der Waals surface area contributed by atoms with Gasteiger partial charge in [-0.05, 0) is 34.5 Å². The lowest BCUT2D eigenvalue weighted by atomic mass is 10.1. The predicted octanol–water partition coefficient (Wildman–Crippen LogP) is 2.17. The number of carbonyl (C=O) groups is 1. The Balaban J connectivity index is 3.49. The number of rotatable bonds is 2. The number of carboxylic acids is 1. The van der Waals surface area contributed by atoms with Crippen molar-refractivity contribution in [3.8, 4) is 11.5 Å². The molecule has 1 aromatic rings. The summed E-state index contributed by atoms with van der Waals surface area (Å²) >= 11 is 3.06. The van der Waals surface area contributed by atoms with Gasteiger partial charge in [-0.2, -0.15) is 0 Å². The first kappa shape index (κ1) is 10.8. The van der Waals surface area contributed by atoms with Gasteiger partial charge in [-0.15, -0.1) is 0 Å². The van der Waals surface area contributed by atoms with E-state index in [-0.39, 0.29) is 15.8 Å². The fraction of sp³-hybridized carbons (Fsp3) is 0.222. The van der Waals surface area contributed by atoms with E-state index in [4.69, 9.17) is 9.84 Å². The lowest BCUT2D eigenvalue weighted by molar-refractivity contribution is 0.0692. The Morgan fingerprint density at radius 2 is 2.14 bits per heavy atom. The second kappa shape index (κ2) is 3.88. The quantitative estimate of drug-likeness (QED) is 0.856. The number of phenols is 1. The molecule has 2 N–H and O–H groups in total. The van der Waals surface area contributed by atoms with E-state index in [0.29, 0.717) is 11.3 Å². The Morgan fingerprint density at radius 1 is 1.57 bits per heavy atom. The molecular weight excluding hydrogens is 252 g/mol. The minimum atomic E-state index is -1.16. The standard InChI is InChI=1S/C9H9BrO4/c1-4-3-5(14-2)7(10)8(11)6(4)9(12)13/h3,11H,1-2H3,(H,12,13). The molecule has 0 saturated heterocycles. The second-order valence-electron chi connectivity index (χ2n) is 2.74. The SMILES string of the molecule is COc1cc(C)c(C(=O)O)c(O)c1Br. The maximum absolute atomic E-state index is 10.8. The van der Waals surface area contributed by atoms with Gasteiger partial charge < -0.3 is 14.9 Å². The number of benzene rings is 1. The molecule has 0 aliphatic rings. The molecule has 5 heteroatoms. The predicted molar refractivity (Wildman–Crippen MR) is 54.1 cm³/mol. The van der Waals surface area contributed by atoms with Gasteiger partial charge >= 0.3 is 5.97 Å². The number of carboxylic acid groups (broad SMARTS) is 1. The van der Waals surface area contributed by atoms with E-state index in [1.165, 1.54) is 7.11 Å². The first-order valence-corrected chi connectivity index (χ1v) is 4.57. The molecule has 0 heterocycles. The highest BCUT2D eigenvalue weighted by atomic mass is 79.9. The summed E-state index contributed by atoms with van der Waals surface area (Å²) in [6, 6.07) is 1.55. The van der Waals surface area contributed by atoms with Gasteiger partial charge in [0, 0.05) is 0 Å². The van der Waals surface area contributed by atoms with Crippen LogP contribution in [0.25, 0.3) is 0 Å². The Hall–Kier alpha value is -1.23. The number of aryl methyl sites for hydroxylation is 1. The third-order valence-electron chi connectivity index (χ3n) is 1.84. The number of halogens is 1. The fourth-order valence-electron chi connectivity index (χ4n) is 1.16. The smallest absolute Gasteiger partial charge is 0.339 e. The van der Waals surface area contributed by atoms with Crippen LogP contribution >= 0.6 is 15.9 Å². The van der Waals surface area contributed by atoms with Crippen LogP contribution in [0.1, 0.15) is 15.9 Å². The third kappa shape index (κ3) is 1.68. The molecule has 0 aromatic heterocycles. The summed E-state index contributed by atoms with van der Waals surface area (Å²) in [5.41, 5.74) is 0.340. The summed E-state index contributed by atoms with van der Waals surface area (Å²) in [6.45, 7) is 1.60. The number of ether oxygens (including phenoxy) is 1. The molecule has 0 aliphatic carbocycles. The molecule has 0 bridgehead atoms. The fourth-order valence-corrected chi connectivity index (χ4v) is 1.64. The van der Waals surface area contributed by atoms with E-state index in [0.717, 1.165) is 0 Å². The zero-order valence-corrected chi connectivity index (χ0v) is 9.25. The van der Waals surface area contributed by atoms with Crippen LogP contribution in [-0.4, -0.2) is 23.3 Å². The van der Waals surface area contributed by atoms with Gasteiger partial charge in [-0.25, -0.2) is 4.79 Å². The third-order valence-corrected chi connectivity index (χ3v) is 2.60. The number of methoxy groups -OCH3 is 1. The van der Waals surface area contributed by atoms with Crippen molar-refractivity contribution in [2.45, 2.75) is 6.92 Å². The molecule has 0 amide bonds. The highest BCUT2D eigenvalue weighted by Crippen LogP contribution is 2.38. The maximum atomic E-state index is 10.8. The lowest BCUT2D eigenvalue weighted by Crippen LogP contribution is -2.01. The molecular formula is C9H9BrO4. The summed E-state index contributed by atoms with van der Waals surface area (Å²) in [4.78, 5) is 10.8. The van der Waals surface area contributed by atoms with Gasteiger partial charge in [-0.3, -0.25) is 0 Å². The average molecular weight is 261 g/mol. The van der Waals surface area contributed by atoms with E-state index in [9.17, 15) is 9.90 Å². The van der Waals surface area contributed by atoms with Crippen LogP contribution in [0, 0.1) is 6.92 Å². The minimum absolute atomic E-state index is 0.113. The molecule has 1 aromatic carbocycles. The summed E-state index contributed by atoms with van der Waals surface area (Å²) in [5, 5.41) is 18.4. The molecule has 0 spiro atoms. The molecule has 0 saturated carbocycles. The van der Waals surface area contributed by atoms with Crippen LogP contribution in [-0.2, 0) is 0 Å². The van der Waals surface area contributed by atoms with Crippen LogP contribution in [0.5, 0.6) is 11.5 Å². The molecule has 0 atom stereocenters. The van der Waals surface area contributed by atoms with E-state index < -0.39 is 5.97 Å². The topological polar surface area (TPSA) is 66.8 Å². The van der Waals surface area contributed by atoms with Crippen LogP contribution in [0.15, 0.2) is 10.5 Å². The lowest BCUT2D eigenvalue weighted by Gasteiger charge is -2.10. The Bertz CT molecular complexity index is 387. The summed E-state index contributed by atoms with van der Waals surface area (Å²) in [7, 11) is 1.44. The van der Waals surface area contributed by atoms with Gasteiger partial charge in [0.05, 0.1) is 7.11 Å². The van der Waals surface area contributed by atoms with Crippen molar-refractivity contribution in [1.29, 1.82) is 0 Å². The van der Waals surface area contributed by atoms with Crippen molar-refractivity contribution in [2.24, 2.45) is 0 Å². The van der Waals surface area contributed by atoms with E-state index in [1.54, 1.807) is 13.0 Å². The van der Waals surface area contributed by atoms with E-state index >= 15 is 0 Å². The minimum Gasteiger partial charge on any atom is -0.506 e. The van der Waals surface area contributed by atoms with Crippen molar-refractivity contribution >= 4 is 21.9 Å². The van der Waals surface area contributed by atoms with E-state index in [1.807, 2.05) is 0 Å². The first-order chi connectivity index (χ1) is 6.49.